The molecule has 380 valence electrons. The predicted molar refractivity (Wildman–Crippen MR) is 290 cm³/mol. The Morgan fingerprint density at radius 3 is 1.58 bits per heavy atom. The standard InChI is InChI=1S/C28H32N8O2S.C23H24N8S.CH4.ClH/c1-17(2)32-22-13-23(24-7-6-20-12-18(14-29)15-31-36(20)24)30-16-21(22)26-34-33-25(39-26)19-8-10-35(11-9-19)27(37)38-28(3,4)5;1-14(2)28-19-10-20(21-4-3-17-9-15(11-24)12-27-31(17)21)26-13-18(19)23-30-29-22(32-23)16-5-7-25-8-6-16;;/h6-7,12-13,15-17,19H,8-11H2,1-5H3,(H,30,32);3-4,9-10,12-14,16,25H,5-8H2,1-2H3,(H,26,28);1H4;1H. The number of nitriles is 2. The molecule has 73 heavy (non-hydrogen) atoms. The van der Waals surface area contributed by atoms with E-state index in [1.807, 2.05) is 80.1 Å². The van der Waals surface area contributed by atoms with Crippen LogP contribution >= 0.6 is 35.1 Å². The minimum Gasteiger partial charge on any atom is -0.444 e. The van der Waals surface area contributed by atoms with Gasteiger partial charge in [-0.1, -0.05) is 30.1 Å². The van der Waals surface area contributed by atoms with Gasteiger partial charge >= 0.3 is 6.09 Å². The van der Waals surface area contributed by atoms with Gasteiger partial charge in [0.25, 0.3) is 0 Å². The van der Waals surface area contributed by atoms with Crippen LogP contribution in [-0.2, 0) is 4.74 Å². The second kappa shape index (κ2) is 23.2. The first kappa shape index (κ1) is 53.7. The van der Waals surface area contributed by atoms with E-state index in [2.05, 4.69) is 86.4 Å². The van der Waals surface area contributed by atoms with E-state index < -0.39 is 5.60 Å². The van der Waals surface area contributed by atoms with Gasteiger partial charge in [-0.3, -0.25) is 9.97 Å². The number of pyridine rings is 2. The Labute approximate surface area is 439 Å². The molecule has 3 N–H and O–H groups in total. The van der Waals surface area contributed by atoms with Gasteiger partial charge in [0.15, 0.2) is 10.0 Å². The molecular weight excluding hydrogens is 980 g/mol. The lowest BCUT2D eigenvalue weighted by atomic mass is 9.98. The molecule has 0 radical (unpaired) electrons. The van der Waals surface area contributed by atoms with Crippen LogP contribution in [0.5, 0.6) is 0 Å². The number of nitrogens with zero attached hydrogens (tertiary/aromatic N) is 13. The van der Waals surface area contributed by atoms with Gasteiger partial charge in [0.05, 0.1) is 68.5 Å². The van der Waals surface area contributed by atoms with Crippen LogP contribution in [-0.4, -0.2) is 104 Å². The average Bonchev–Trinajstić information content (AvgIpc) is 4.20. The quantitative estimate of drug-likeness (QED) is 0.116. The van der Waals surface area contributed by atoms with Crippen molar-refractivity contribution in [2.45, 2.75) is 111 Å². The minimum atomic E-state index is -0.501. The zero-order valence-corrected chi connectivity index (χ0v) is 43.7. The maximum atomic E-state index is 12.4. The number of anilines is 2. The Hall–Kier alpha value is -7.10. The molecule has 2 aliphatic heterocycles. The van der Waals surface area contributed by atoms with Crippen molar-refractivity contribution in [3.8, 4) is 56.1 Å². The Bertz CT molecular complexity index is 3270. The van der Waals surface area contributed by atoms with Crippen LogP contribution in [0.15, 0.2) is 73.3 Å². The molecule has 21 heteroatoms. The third-order valence-corrected chi connectivity index (χ3v) is 14.2. The van der Waals surface area contributed by atoms with Gasteiger partial charge in [0.1, 0.15) is 27.8 Å². The summed E-state index contributed by atoms with van der Waals surface area (Å²) in [6.07, 6.45) is 10.4. The molecule has 8 aromatic rings. The Balaban J connectivity index is 0.000000212. The lowest BCUT2D eigenvalue weighted by molar-refractivity contribution is 0.0204. The average molecular weight is 1040 g/mol. The van der Waals surface area contributed by atoms with Gasteiger partial charge in [-0.2, -0.15) is 20.7 Å². The van der Waals surface area contributed by atoms with Crippen molar-refractivity contribution in [2.24, 2.45) is 0 Å². The summed E-state index contributed by atoms with van der Waals surface area (Å²) in [6, 6.07) is 20.2. The van der Waals surface area contributed by atoms with Gasteiger partial charge in [-0.25, -0.2) is 13.8 Å². The molecule has 0 aromatic carbocycles. The van der Waals surface area contributed by atoms with Crippen molar-refractivity contribution in [3.05, 3.63) is 94.5 Å². The summed E-state index contributed by atoms with van der Waals surface area (Å²) in [4.78, 5) is 23.7. The molecular formula is C52H61ClN16O2S2. The van der Waals surface area contributed by atoms with Crippen LogP contribution in [0.2, 0.25) is 0 Å². The monoisotopic (exact) mass is 1040 g/mol. The molecule has 2 fully saturated rings. The molecule has 10 heterocycles. The number of carbonyl (C=O) groups is 1. The van der Waals surface area contributed by atoms with Gasteiger partial charge in [-0.05, 0) is 136 Å². The van der Waals surface area contributed by atoms with E-state index in [0.29, 0.717) is 30.1 Å². The number of nitrogens with one attached hydrogen (secondary N) is 3. The van der Waals surface area contributed by atoms with Crippen molar-refractivity contribution >= 4 is 63.6 Å². The van der Waals surface area contributed by atoms with Crippen molar-refractivity contribution in [2.75, 3.05) is 36.8 Å². The zero-order chi connectivity index (χ0) is 49.8. The first-order valence-electron chi connectivity index (χ1n) is 23.9. The molecule has 0 aliphatic carbocycles. The number of fused-ring (bicyclic) bond motifs is 2. The van der Waals surface area contributed by atoms with Crippen LogP contribution in [0.1, 0.15) is 115 Å². The lowest BCUT2D eigenvalue weighted by Crippen LogP contribution is -2.41. The number of amides is 1. The van der Waals surface area contributed by atoms with Crippen LogP contribution in [0.4, 0.5) is 16.2 Å². The molecule has 2 aliphatic rings. The highest BCUT2D eigenvalue weighted by molar-refractivity contribution is 7.15. The fourth-order valence-electron chi connectivity index (χ4n) is 8.62. The minimum absolute atomic E-state index is 0. The van der Waals surface area contributed by atoms with E-state index >= 15 is 0 Å². The molecule has 1 amide bonds. The lowest BCUT2D eigenvalue weighted by Gasteiger charge is -2.32. The Morgan fingerprint density at radius 1 is 0.699 bits per heavy atom. The molecule has 0 spiro atoms. The van der Waals surface area contributed by atoms with Gasteiger partial charge in [0.2, 0.25) is 0 Å². The summed E-state index contributed by atoms with van der Waals surface area (Å²) in [5, 5.41) is 59.5. The van der Waals surface area contributed by atoms with E-state index in [1.54, 1.807) is 50.5 Å². The number of ether oxygens (including phenoxy) is 1. The number of halogens is 1. The maximum Gasteiger partial charge on any atom is 0.410 e. The van der Waals surface area contributed by atoms with E-state index in [4.69, 9.17) is 20.0 Å². The van der Waals surface area contributed by atoms with Gasteiger partial charge in [0, 0.05) is 60.8 Å². The van der Waals surface area contributed by atoms with Gasteiger partial charge in [-0.15, -0.1) is 32.8 Å². The van der Waals surface area contributed by atoms with E-state index in [-0.39, 0.29) is 43.9 Å². The number of rotatable bonds is 10. The number of hydrogen-bond acceptors (Lipinski definition) is 17. The van der Waals surface area contributed by atoms with Crippen LogP contribution in [0, 0.1) is 22.7 Å². The summed E-state index contributed by atoms with van der Waals surface area (Å²) in [6.45, 7) is 17.4. The number of hydrogen-bond donors (Lipinski definition) is 3. The van der Waals surface area contributed by atoms with Crippen molar-refractivity contribution in [1.29, 1.82) is 10.5 Å². The second-order valence-electron chi connectivity index (χ2n) is 19.3. The highest BCUT2D eigenvalue weighted by atomic mass is 35.5. The van der Waals surface area contributed by atoms with Crippen molar-refractivity contribution in [3.63, 3.8) is 0 Å². The highest BCUT2D eigenvalue weighted by Gasteiger charge is 2.30. The maximum absolute atomic E-state index is 12.4. The Morgan fingerprint density at radius 2 is 1.15 bits per heavy atom. The summed E-state index contributed by atoms with van der Waals surface area (Å²) >= 11 is 3.24. The van der Waals surface area contributed by atoms with E-state index in [0.717, 1.165) is 115 Å². The smallest absolute Gasteiger partial charge is 0.410 e. The third-order valence-electron chi connectivity index (χ3n) is 12.0. The fourth-order valence-corrected chi connectivity index (χ4v) is 10.7. The molecule has 10 rings (SSSR count). The largest absolute Gasteiger partial charge is 0.444 e. The Kier molecular flexibility index (Phi) is 17.1. The first-order valence-corrected chi connectivity index (χ1v) is 25.5. The summed E-state index contributed by atoms with van der Waals surface area (Å²) < 4.78 is 9.12. The number of carbonyl (C=O) groups excluding carboxylic acids is 1. The number of likely N-dealkylation sites (tertiary alicyclic amines) is 1. The number of piperidine rings is 2. The van der Waals surface area contributed by atoms with Crippen molar-refractivity contribution in [1.82, 2.24) is 59.8 Å². The molecule has 0 atom stereocenters. The van der Waals surface area contributed by atoms with E-state index in [1.165, 1.54) is 0 Å². The summed E-state index contributed by atoms with van der Waals surface area (Å²) in [7, 11) is 0. The molecule has 18 nitrogen and oxygen atoms in total. The first-order chi connectivity index (χ1) is 34.2. The molecule has 2 saturated heterocycles. The predicted octanol–water partition coefficient (Wildman–Crippen LogP) is 10.9. The summed E-state index contributed by atoms with van der Waals surface area (Å²) in [5.41, 5.74) is 9.26. The highest BCUT2D eigenvalue weighted by Crippen LogP contribution is 2.39. The van der Waals surface area contributed by atoms with Crippen LogP contribution in [0.25, 0.3) is 55.0 Å². The molecule has 0 unspecified atom stereocenters. The second-order valence-corrected chi connectivity index (χ2v) is 21.3. The number of aromatic nitrogens is 10. The topological polar surface area (TPSA) is 225 Å². The third kappa shape index (κ3) is 12.4. The van der Waals surface area contributed by atoms with Crippen molar-refractivity contribution < 1.29 is 9.53 Å². The normalized spacial score (nSPS) is 14.2. The zero-order valence-electron chi connectivity index (χ0n) is 41.2. The molecule has 8 aromatic heterocycles. The van der Waals surface area contributed by atoms with Gasteiger partial charge < -0.3 is 25.6 Å². The molecule has 0 bridgehead atoms. The van der Waals surface area contributed by atoms with E-state index in [9.17, 15) is 10.1 Å². The SMILES string of the molecule is C.CC(C)Nc1cc(-c2ccc3cc(C#N)cnn23)ncc1-c1nnc(C2CCN(C(=O)OC(C)(C)C)CC2)s1.CC(C)Nc1cc(-c2ccc3cc(C#N)cnn23)ncc1-c1nnc(C2CCNCC2)s1.Cl. The summed E-state index contributed by atoms with van der Waals surface area (Å²) in [5.74, 6) is 0.729. The van der Waals surface area contributed by atoms with Crippen LogP contribution in [0.3, 0.4) is 0 Å². The fraction of sp³-hybridized carbons (Fsp3) is 0.404. The van der Waals surface area contributed by atoms with Crippen LogP contribution < -0.4 is 16.0 Å². The molecule has 0 saturated carbocycles.